The Morgan fingerprint density at radius 1 is 0.615 bits per heavy atom. The van der Waals surface area contributed by atoms with Crippen molar-refractivity contribution in [2.24, 2.45) is 71.6 Å². The highest BCUT2D eigenvalue weighted by atomic mass is 19.4. The number of aliphatic hydroxyl groups is 1. The van der Waals surface area contributed by atoms with E-state index in [1.807, 2.05) is 16.0 Å². The summed E-state index contributed by atoms with van der Waals surface area (Å²) in [5.41, 5.74) is 45.8. The molecule has 0 radical (unpaired) electrons. The number of nitrogens with zero attached hydrogens (tertiary/aromatic N) is 6. The first-order chi connectivity index (χ1) is 36.5. The molecule has 0 aliphatic heterocycles. The van der Waals surface area contributed by atoms with Gasteiger partial charge in [0.1, 0.15) is 11.7 Å². The number of halogens is 6. The number of para-hydroxylation sites is 1. The number of primary amides is 1. The summed E-state index contributed by atoms with van der Waals surface area (Å²) in [6.07, 6.45) is -19.5. The predicted molar refractivity (Wildman–Crippen MR) is 265 cm³/mol. The molecule has 30 nitrogen and oxygen atoms in total. The van der Waals surface area contributed by atoms with Gasteiger partial charge in [-0.3, -0.25) is 28.8 Å². The maximum Gasteiger partial charge on any atom is 0.433 e. The van der Waals surface area contributed by atoms with Gasteiger partial charge in [0.2, 0.25) is 36.8 Å². The quantitative estimate of drug-likeness (QED) is 0.00844. The number of aliphatic imine (C=N–C) groups is 4. The monoisotopic (exact) mass is 1110 g/mol. The summed E-state index contributed by atoms with van der Waals surface area (Å²) < 4.78 is 86.3. The number of amides is 6. The number of aromatic nitrogens is 1. The number of carbonyl (C=O) groups is 6. The smallest absolute Gasteiger partial charge is 0.370 e. The molecular formula is C42H49F6N21O9. The van der Waals surface area contributed by atoms with Crippen molar-refractivity contribution in [2.45, 2.75) is 49.3 Å². The zero-order valence-corrected chi connectivity index (χ0v) is 39.7. The fraction of sp³-hybridized carbons (Fsp3) is 0.214. The van der Waals surface area contributed by atoms with Gasteiger partial charge < -0.3 is 88.2 Å². The van der Waals surface area contributed by atoms with E-state index in [9.17, 15) is 60.2 Å². The van der Waals surface area contributed by atoms with Crippen molar-refractivity contribution in [3.8, 4) is 0 Å². The molecular weight excluding hydrogens is 1060 g/mol. The number of carbonyl (C=O) groups excluding carboxylic acids is 6. The van der Waals surface area contributed by atoms with Gasteiger partial charge in [-0.25, -0.2) is 35.7 Å². The number of nitrogens with two attached hydrogens (primary N) is 9. The van der Waals surface area contributed by atoms with E-state index in [1.54, 1.807) is 0 Å². The second kappa shape index (κ2) is 26.3. The largest absolute Gasteiger partial charge is 0.433 e. The highest BCUT2D eigenvalue weighted by Gasteiger charge is 2.40. The van der Waals surface area contributed by atoms with Gasteiger partial charge in [-0.15, -0.1) is 4.99 Å². The Balaban J connectivity index is 1.76. The molecule has 78 heavy (non-hydrogen) atoms. The lowest BCUT2D eigenvalue weighted by atomic mass is 10.0. The molecule has 1 aromatic heterocycles. The number of guanidine groups is 4. The molecule has 0 aliphatic rings. The van der Waals surface area contributed by atoms with E-state index in [0.29, 0.717) is 22.6 Å². The number of hydrogen-bond acceptors (Lipinski definition) is 16. The maximum absolute atomic E-state index is 14.4. The topological polar surface area (TPSA) is 524 Å². The van der Waals surface area contributed by atoms with Crippen molar-refractivity contribution >= 4 is 87.6 Å². The van der Waals surface area contributed by atoms with Crippen LogP contribution >= 0.6 is 0 Å². The SMILES string of the molecule is NC(=O)C(N=C(N)N)NC(=O)C(N=C(N)N)NC(=O)C(N=C(N)N)NC(=O)C(N=C(N)N)NC(=O)C(NC(=O)C(O)N(CC=Cc1ccc(NOO)cc1)c1cc(C(F)(F)F)nc2c(C(F)(F)F)cccc12)c1ccccc1. The highest BCUT2D eigenvalue weighted by molar-refractivity contribution is 6.00. The first-order valence-electron chi connectivity index (χ1n) is 21.6. The minimum Gasteiger partial charge on any atom is -0.370 e. The van der Waals surface area contributed by atoms with Gasteiger partial charge in [0, 0.05) is 11.9 Å². The second-order valence-electron chi connectivity index (χ2n) is 15.6. The Hall–Kier alpha value is -10.2. The normalized spacial score (nSPS) is 13.6. The fourth-order valence-corrected chi connectivity index (χ4v) is 6.59. The molecule has 3 aromatic carbocycles. The lowest BCUT2D eigenvalue weighted by Gasteiger charge is -2.31. The van der Waals surface area contributed by atoms with Gasteiger partial charge in [-0.1, -0.05) is 66.7 Å². The van der Waals surface area contributed by atoms with Crippen LogP contribution < -0.4 is 88.6 Å². The van der Waals surface area contributed by atoms with Crippen LogP contribution in [0.15, 0.2) is 105 Å². The molecule has 0 bridgehead atoms. The number of rotatable bonds is 23. The van der Waals surface area contributed by atoms with Crippen LogP contribution in [0.25, 0.3) is 17.0 Å². The molecule has 0 spiro atoms. The molecule has 26 N–H and O–H groups in total. The van der Waals surface area contributed by atoms with Gasteiger partial charge in [0.25, 0.3) is 29.5 Å². The molecule has 0 aliphatic carbocycles. The van der Waals surface area contributed by atoms with E-state index in [1.165, 1.54) is 66.7 Å². The van der Waals surface area contributed by atoms with Crippen LogP contribution in [0.5, 0.6) is 0 Å². The van der Waals surface area contributed by atoms with E-state index in [4.69, 9.17) is 56.9 Å². The maximum atomic E-state index is 14.4. The van der Waals surface area contributed by atoms with Crippen molar-refractivity contribution in [2.75, 3.05) is 16.9 Å². The number of pyridine rings is 1. The van der Waals surface area contributed by atoms with E-state index in [2.05, 4.69) is 46.1 Å². The molecule has 6 unspecified atom stereocenters. The summed E-state index contributed by atoms with van der Waals surface area (Å²) in [6.45, 7) is -0.746. The Kier molecular flexibility index (Phi) is 20.4. The first-order valence-corrected chi connectivity index (χ1v) is 21.6. The standard InChI is InChI=1S/C42H49F6N21O9/c43-41(44,45)21-10-4-9-20-22(16-23(42(46,47)48)58-25(20)21)69(15-5-6-17-11-13-19(14-12-17)68-78-77)36(76)35(75)59-24(18-7-2-1-3-8-18)31(71)61-28(65-38(52)53)33(73)63-30(67-40(56)57)34(74)62-29(66-39(54)55)32(72)60-27(26(49)70)64-37(50)51/h1-14,16,24,27-30,36,68,76-77H,15H2,(H2,49,70)(H,59,75)(H,60,72)(H,61,71)(H,62,74)(H,63,73)(H4,50,51,64)(H4,52,53,65)(H4,54,55,66)(H4,56,57,67). The van der Waals surface area contributed by atoms with Crippen molar-refractivity contribution in [1.82, 2.24) is 31.6 Å². The molecule has 0 fully saturated rings. The van der Waals surface area contributed by atoms with E-state index < -0.39 is 143 Å². The molecule has 1 heterocycles. The number of anilines is 2. The molecule has 4 rings (SSSR count). The third-order valence-electron chi connectivity index (χ3n) is 9.86. The van der Waals surface area contributed by atoms with Gasteiger partial charge in [-0.05, 0) is 35.4 Å². The minimum atomic E-state index is -5.40. The molecule has 4 aromatic rings. The summed E-state index contributed by atoms with van der Waals surface area (Å²) >= 11 is 0. The summed E-state index contributed by atoms with van der Waals surface area (Å²) in [4.78, 5) is 103. The summed E-state index contributed by atoms with van der Waals surface area (Å²) in [5.74, 6) is -12.1. The van der Waals surface area contributed by atoms with E-state index in [0.717, 1.165) is 12.1 Å². The summed E-state index contributed by atoms with van der Waals surface area (Å²) in [6, 6.07) is 12.9. The predicted octanol–water partition coefficient (Wildman–Crippen LogP) is -3.87. The highest BCUT2D eigenvalue weighted by Crippen LogP contribution is 2.40. The van der Waals surface area contributed by atoms with E-state index in [-0.39, 0.29) is 11.3 Å². The van der Waals surface area contributed by atoms with Crippen LogP contribution in [0.1, 0.15) is 28.4 Å². The lowest BCUT2D eigenvalue weighted by Crippen LogP contribution is -2.58. The zero-order chi connectivity index (χ0) is 58.2. The summed E-state index contributed by atoms with van der Waals surface area (Å²) in [7, 11) is 0. The molecule has 418 valence electrons. The van der Waals surface area contributed by atoms with E-state index >= 15 is 0 Å². The van der Waals surface area contributed by atoms with Gasteiger partial charge in [-0.2, -0.15) is 26.3 Å². The van der Waals surface area contributed by atoms with Crippen LogP contribution in [-0.4, -0.2) is 112 Å². The zero-order valence-electron chi connectivity index (χ0n) is 39.7. The van der Waals surface area contributed by atoms with Crippen molar-refractivity contribution in [1.29, 1.82) is 0 Å². The number of fused-ring (bicyclic) bond motifs is 1. The molecule has 6 amide bonds. The van der Waals surface area contributed by atoms with Crippen LogP contribution in [0.4, 0.5) is 37.7 Å². The number of benzene rings is 3. The second-order valence-corrected chi connectivity index (χ2v) is 15.6. The van der Waals surface area contributed by atoms with Gasteiger partial charge in [0.05, 0.1) is 22.5 Å². The first kappa shape index (κ1) is 60.3. The van der Waals surface area contributed by atoms with Crippen molar-refractivity contribution in [3.05, 3.63) is 107 Å². The fourth-order valence-electron chi connectivity index (χ4n) is 6.59. The molecule has 6 atom stereocenters. The number of aliphatic hydroxyl groups excluding tert-OH is 1. The summed E-state index contributed by atoms with van der Waals surface area (Å²) in [5, 5.41) is 30.1. The van der Waals surface area contributed by atoms with Crippen molar-refractivity contribution in [3.63, 3.8) is 0 Å². The van der Waals surface area contributed by atoms with Crippen LogP contribution in [0.2, 0.25) is 0 Å². The molecule has 36 heteroatoms. The lowest BCUT2D eigenvalue weighted by molar-refractivity contribution is -0.215. The average molecular weight is 1110 g/mol. The Labute approximate surface area is 434 Å². The average Bonchev–Trinajstić information content (AvgIpc) is 3.35. The van der Waals surface area contributed by atoms with Crippen LogP contribution in [0.3, 0.4) is 0 Å². The molecule has 0 saturated heterocycles. The third kappa shape index (κ3) is 17.2. The van der Waals surface area contributed by atoms with Crippen LogP contribution in [0, 0.1) is 0 Å². The van der Waals surface area contributed by atoms with Gasteiger partial charge in [0.15, 0.2) is 23.8 Å². The number of alkyl halides is 6. The van der Waals surface area contributed by atoms with Gasteiger partial charge >= 0.3 is 12.4 Å². The Morgan fingerprint density at radius 3 is 1.56 bits per heavy atom. The Bertz CT molecular complexity index is 2980. The number of nitrogens with one attached hydrogen (secondary N) is 6. The third-order valence-corrected chi connectivity index (χ3v) is 9.86. The molecule has 0 saturated carbocycles. The van der Waals surface area contributed by atoms with Crippen molar-refractivity contribution < 1.29 is 70.5 Å². The minimum absolute atomic E-state index is 0.126. The van der Waals surface area contributed by atoms with Crippen LogP contribution in [-0.2, 0) is 46.1 Å². The number of hydrogen-bond donors (Lipinski definition) is 17. The Morgan fingerprint density at radius 2 is 1.10 bits per heavy atom.